The molecular weight excluding hydrogens is 306 g/mol. The van der Waals surface area contributed by atoms with Gasteiger partial charge < -0.3 is 0 Å². The van der Waals surface area contributed by atoms with Crippen LogP contribution in [-0.2, 0) is 14.1 Å². The van der Waals surface area contributed by atoms with Gasteiger partial charge in [-0.25, -0.2) is 0 Å². The first kappa shape index (κ1) is 11.9. The van der Waals surface area contributed by atoms with Gasteiger partial charge >= 0.3 is 0 Å². The summed E-state index contributed by atoms with van der Waals surface area (Å²) >= 11 is 3.47. The fourth-order valence-corrected chi connectivity index (χ4v) is 2.81. The molecule has 0 fully saturated rings. The number of fused-ring (bicyclic) bond motifs is 1. The van der Waals surface area contributed by atoms with E-state index in [1.807, 2.05) is 32.4 Å². The van der Waals surface area contributed by atoms with Gasteiger partial charge in [-0.05, 0) is 28.1 Å². The maximum Gasteiger partial charge on any atom is 0.101 e. The molecule has 0 saturated carbocycles. The third-order valence-electron chi connectivity index (χ3n) is 3.06. The van der Waals surface area contributed by atoms with Crippen molar-refractivity contribution in [2.24, 2.45) is 14.1 Å². The molecule has 0 amide bonds. The lowest BCUT2D eigenvalue weighted by Crippen LogP contribution is -1.96. The Morgan fingerprint density at radius 2 is 2.11 bits per heavy atom. The Morgan fingerprint density at radius 1 is 1.32 bits per heavy atom. The second kappa shape index (κ2) is 4.21. The molecule has 0 aliphatic rings. The molecule has 0 spiro atoms. The quantitative estimate of drug-likeness (QED) is 0.693. The van der Waals surface area contributed by atoms with Gasteiger partial charge in [-0.2, -0.15) is 15.5 Å². The zero-order valence-electron chi connectivity index (χ0n) is 10.4. The molecule has 3 rings (SSSR count). The van der Waals surface area contributed by atoms with E-state index >= 15 is 0 Å². The molecule has 3 aromatic rings. The number of hydrogen-bond donors (Lipinski definition) is 0. The number of aromatic nitrogens is 4. The average Bonchev–Trinajstić information content (AvgIpc) is 2.90. The molecule has 0 N–H and O–H groups in total. The molecule has 0 bridgehead atoms. The Labute approximate surface area is 118 Å². The van der Waals surface area contributed by atoms with Crippen molar-refractivity contribution in [3.05, 3.63) is 34.6 Å². The van der Waals surface area contributed by atoms with E-state index in [4.69, 9.17) is 0 Å². The van der Waals surface area contributed by atoms with Gasteiger partial charge in [0, 0.05) is 31.2 Å². The van der Waals surface area contributed by atoms with Gasteiger partial charge in [-0.3, -0.25) is 9.36 Å². The molecule has 19 heavy (non-hydrogen) atoms. The third kappa shape index (κ3) is 1.74. The summed E-state index contributed by atoms with van der Waals surface area (Å²) in [6.07, 6.45) is 3.59. The van der Waals surface area contributed by atoms with Crippen LogP contribution in [0.1, 0.15) is 5.56 Å². The first-order valence-electron chi connectivity index (χ1n) is 5.66. The predicted octanol–water partition coefficient (Wildman–Crippen LogP) is 2.61. The summed E-state index contributed by atoms with van der Waals surface area (Å²) in [6, 6.07) is 6.11. The van der Waals surface area contributed by atoms with Crippen molar-refractivity contribution < 1.29 is 0 Å². The lowest BCUT2D eigenvalue weighted by Gasteiger charge is -2.06. The highest BCUT2D eigenvalue weighted by molar-refractivity contribution is 9.10. The molecule has 0 saturated heterocycles. The molecule has 1 aromatic carbocycles. The molecule has 0 unspecified atom stereocenters. The SMILES string of the molecule is Cn1cc2c(C#N)c(-c3c(Br)cnn3C)ccc2n1. The molecule has 6 heteroatoms. The summed E-state index contributed by atoms with van der Waals surface area (Å²) < 4.78 is 4.34. The highest BCUT2D eigenvalue weighted by Gasteiger charge is 2.16. The van der Waals surface area contributed by atoms with E-state index in [0.29, 0.717) is 5.56 Å². The number of hydrogen-bond acceptors (Lipinski definition) is 3. The van der Waals surface area contributed by atoms with Crippen molar-refractivity contribution in [2.45, 2.75) is 0 Å². The van der Waals surface area contributed by atoms with Crippen molar-refractivity contribution in [3.8, 4) is 17.3 Å². The van der Waals surface area contributed by atoms with Gasteiger partial charge in [0.2, 0.25) is 0 Å². The lowest BCUT2D eigenvalue weighted by atomic mass is 10.0. The van der Waals surface area contributed by atoms with Crippen LogP contribution < -0.4 is 0 Å². The highest BCUT2D eigenvalue weighted by Crippen LogP contribution is 2.33. The van der Waals surface area contributed by atoms with Crippen LogP contribution >= 0.6 is 15.9 Å². The first-order valence-corrected chi connectivity index (χ1v) is 6.45. The molecule has 0 aliphatic heterocycles. The Morgan fingerprint density at radius 3 is 2.74 bits per heavy atom. The molecule has 94 valence electrons. The van der Waals surface area contributed by atoms with Crippen LogP contribution in [0, 0.1) is 11.3 Å². The monoisotopic (exact) mass is 315 g/mol. The van der Waals surface area contributed by atoms with Crippen LogP contribution in [-0.4, -0.2) is 19.6 Å². The van der Waals surface area contributed by atoms with E-state index in [1.165, 1.54) is 0 Å². The number of nitriles is 1. The minimum atomic E-state index is 0.620. The second-order valence-electron chi connectivity index (χ2n) is 4.30. The van der Waals surface area contributed by atoms with E-state index in [-0.39, 0.29) is 0 Å². The Hall–Kier alpha value is -2.13. The van der Waals surface area contributed by atoms with E-state index in [1.54, 1.807) is 15.6 Å². The Bertz CT molecular complexity index is 802. The maximum absolute atomic E-state index is 9.47. The normalized spacial score (nSPS) is 10.8. The largest absolute Gasteiger partial charge is 0.275 e. The summed E-state index contributed by atoms with van der Waals surface area (Å²) in [7, 11) is 3.70. The highest BCUT2D eigenvalue weighted by atomic mass is 79.9. The van der Waals surface area contributed by atoms with Crippen molar-refractivity contribution >= 4 is 26.8 Å². The number of aryl methyl sites for hydroxylation is 2. The minimum absolute atomic E-state index is 0.620. The van der Waals surface area contributed by atoms with E-state index < -0.39 is 0 Å². The zero-order valence-corrected chi connectivity index (χ0v) is 12.0. The fourth-order valence-electron chi connectivity index (χ4n) is 2.24. The van der Waals surface area contributed by atoms with Crippen molar-refractivity contribution in [2.75, 3.05) is 0 Å². The standard InChI is InChI=1S/C13H10BrN5/c1-18-7-10-9(5-15)8(3-4-12(10)17-18)13-11(14)6-16-19(13)2/h3-4,6-7H,1-2H3. The average molecular weight is 316 g/mol. The summed E-state index contributed by atoms with van der Waals surface area (Å²) in [4.78, 5) is 0. The van der Waals surface area contributed by atoms with Crippen LogP contribution in [0.5, 0.6) is 0 Å². The smallest absolute Gasteiger partial charge is 0.101 e. The van der Waals surface area contributed by atoms with E-state index in [9.17, 15) is 5.26 Å². The Balaban J connectivity index is 2.40. The molecule has 0 radical (unpaired) electrons. The zero-order chi connectivity index (χ0) is 13.6. The van der Waals surface area contributed by atoms with Gasteiger partial charge in [0.25, 0.3) is 0 Å². The molecule has 0 atom stereocenters. The molecule has 0 aliphatic carbocycles. The van der Waals surface area contributed by atoms with Crippen molar-refractivity contribution in [3.63, 3.8) is 0 Å². The number of halogens is 1. The van der Waals surface area contributed by atoms with Crippen LogP contribution in [0.3, 0.4) is 0 Å². The Kier molecular flexibility index (Phi) is 2.64. The molecule has 2 heterocycles. The fraction of sp³-hybridized carbons (Fsp3) is 0.154. The minimum Gasteiger partial charge on any atom is -0.275 e. The van der Waals surface area contributed by atoms with Gasteiger partial charge in [-0.15, -0.1) is 0 Å². The predicted molar refractivity (Wildman–Crippen MR) is 75.3 cm³/mol. The number of nitrogens with zero attached hydrogens (tertiary/aromatic N) is 5. The summed E-state index contributed by atoms with van der Waals surface area (Å²) in [5.74, 6) is 0. The summed E-state index contributed by atoms with van der Waals surface area (Å²) in [5.41, 5.74) is 3.19. The molecular formula is C13H10BrN5. The van der Waals surface area contributed by atoms with E-state index in [0.717, 1.165) is 26.6 Å². The molecule has 5 nitrogen and oxygen atoms in total. The third-order valence-corrected chi connectivity index (χ3v) is 3.65. The van der Waals surface area contributed by atoms with Gasteiger partial charge in [0.05, 0.1) is 27.4 Å². The van der Waals surface area contributed by atoms with Crippen LogP contribution in [0.25, 0.3) is 22.2 Å². The van der Waals surface area contributed by atoms with Gasteiger partial charge in [0.15, 0.2) is 0 Å². The summed E-state index contributed by atoms with van der Waals surface area (Å²) in [5, 5.41) is 18.8. The molecule has 2 aromatic heterocycles. The van der Waals surface area contributed by atoms with Crippen molar-refractivity contribution in [1.29, 1.82) is 5.26 Å². The van der Waals surface area contributed by atoms with Gasteiger partial charge in [0.1, 0.15) is 6.07 Å². The van der Waals surface area contributed by atoms with E-state index in [2.05, 4.69) is 32.2 Å². The first-order chi connectivity index (χ1) is 9.11. The topological polar surface area (TPSA) is 59.4 Å². The number of benzene rings is 1. The van der Waals surface area contributed by atoms with Gasteiger partial charge in [-0.1, -0.05) is 0 Å². The van der Waals surface area contributed by atoms with Crippen LogP contribution in [0.4, 0.5) is 0 Å². The lowest BCUT2D eigenvalue weighted by molar-refractivity contribution is 0.775. The maximum atomic E-state index is 9.47. The van der Waals surface area contributed by atoms with Crippen LogP contribution in [0.15, 0.2) is 29.0 Å². The number of rotatable bonds is 1. The van der Waals surface area contributed by atoms with Crippen LogP contribution in [0.2, 0.25) is 0 Å². The summed E-state index contributed by atoms with van der Waals surface area (Å²) in [6.45, 7) is 0. The van der Waals surface area contributed by atoms with Crippen molar-refractivity contribution in [1.82, 2.24) is 19.6 Å². The second-order valence-corrected chi connectivity index (χ2v) is 5.15.